The Kier molecular flexibility index (Phi) is 2.44. The van der Waals surface area contributed by atoms with Gasteiger partial charge in [-0.25, -0.2) is 0 Å². The Labute approximate surface area is 110 Å². The summed E-state index contributed by atoms with van der Waals surface area (Å²) in [4.78, 5) is 0. The van der Waals surface area contributed by atoms with Crippen LogP contribution in [0.4, 0.5) is 0 Å². The summed E-state index contributed by atoms with van der Waals surface area (Å²) in [6.07, 6.45) is 2.16. The number of hydrogen-bond acceptors (Lipinski definition) is 1. The van der Waals surface area contributed by atoms with Crippen LogP contribution in [0.25, 0.3) is 10.8 Å². The Balaban J connectivity index is 2.30. The molecule has 17 heavy (non-hydrogen) atoms. The van der Waals surface area contributed by atoms with E-state index >= 15 is 0 Å². The van der Waals surface area contributed by atoms with Gasteiger partial charge in [-0.05, 0) is 43.7 Å². The Morgan fingerprint density at radius 3 is 2.65 bits per heavy atom. The molecule has 0 saturated carbocycles. The average molecular weight is 291 g/mol. The fourth-order valence-corrected chi connectivity index (χ4v) is 3.05. The highest BCUT2D eigenvalue weighted by Crippen LogP contribution is 2.41. The molecule has 0 N–H and O–H groups in total. The van der Waals surface area contributed by atoms with Gasteiger partial charge >= 0.3 is 0 Å². The Hall–Kier alpha value is -1.02. The second kappa shape index (κ2) is 3.74. The third kappa shape index (κ3) is 1.85. The van der Waals surface area contributed by atoms with Crippen LogP contribution in [0.15, 0.2) is 34.8 Å². The maximum atomic E-state index is 6.17. The molecule has 0 aliphatic carbocycles. The van der Waals surface area contributed by atoms with Crippen molar-refractivity contribution in [1.82, 2.24) is 0 Å². The lowest BCUT2D eigenvalue weighted by Crippen LogP contribution is -2.32. The molecule has 0 bridgehead atoms. The van der Waals surface area contributed by atoms with Gasteiger partial charge in [-0.15, -0.1) is 0 Å². The van der Waals surface area contributed by atoms with Crippen LogP contribution in [0.1, 0.15) is 25.8 Å². The van der Waals surface area contributed by atoms with Gasteiger partial charge in [0.15, 0.2) is 0 Å². The van der Waals surface area contributed by atoms with E-state index in [1.54, 1.807) is 0 Å². The first-order chi connectivity index (χ1) is 8.07. The van der Waals surface area contributed by atoms with Crippen LogP contribution in [0, 0.1) is 0 Å². The monoisotopic (exact) mass is 290 g/mol. The topological polar surface area (TPSA) is 9.23 Å². The van der Waals surface area contributed by atoms with Crippen molar-refractivity contribution in [3.8, 4) is 5.75 Å². The first kappa shape index (κ1) is 11.1. The summed E-state index contributed by atoms with van der Waals surface area (Å²) in [6, 6.07) is 10.6. The van der Waals surface area contributed by atoms with Crippen LogP contribution in [0.2, 0.25) is 0 Å². The van der Waals surface area contributed by atoms with Gasteiger partial charge in [0.2, 0.25) is 0 Å². The third-order valence-corrected chi connectivity index (χ3v) is 4.05. The van der Waals surface area contributed by atoms with Gasteiger partial charge in [0, 0.05) is 9.86 Å². The normalized spacial score (nSPS) is 17.6. The van der Waals surface area contributed by atoms with Crippen LogP contribution in [0.3, 0.4) is 0 Å². The molecule has 0 aromatic heterocycles. The third-order valence-electron chi connectivity index (χ3n) is 3.40. The summed E-state index contributed by atoms with van der Waals surface area (Å²) < 4.78 is 7.33. The molecule has 0 unspecified atom stereocenters. The van der Waals surface area contributed by atoms with Crippen molar-refractivity contribution in [1.29, 1.82) is 0 Å². The lowest BCUT2D eigenvalue weighted by Gasteiger charge is -2.33. The average Bonchev–Trinajstić information content (AvgIpc) is 2.30. The molecular weight excluding hydrogens is 276 g/mol. The van der Waals surface area contributed by atoms with E-state index in [2.05, 4.69) is 60.1 Å². The van der Waals surface area contributed by atoms with E-state index in [1.165, 1.54) is 16.3 Å². The fraction of sp³-hybridized carbons (Fsp3) is 0.333. The molecule has 0 saturated heterocycles. The van der Waals surface area contributed by atoms with E-state index in [0.717, 1.165) is 23.1 Å². The predicted octanol–water partition coefficient (Wildman–Crippen LogP) is 4.71. The molecule has 0 radical (unpaired) electrons. The van der Waals surface area contributed by atoms with E-state index < -0.39 is 0 Å². The van der Waals surface area contributed by atoms with Gasteiger partial charge in [0.25, 0.3) is 0 Å². The number of benzene rings is 2. The SMILES string of the molecule is CC1(C)CCc2cc(Br)c3ccccc3c2O1. The van der Waals surface area contributed by atoms with Crippen molar-refractivity contribution in [3.63, 3.8) is 0 Å². The highest BCUT2D eigenvalue weighted by atomic mass is 79.9. The highest BCUT2D eigenvalue weighted by molar-refractivity contribution is 9.10. The zero-order chi connectivity index (χ0) is 12.0. The van der Waals surface area contributed by atoms with E-state index in [9.17, 15) is 0 Å². The predicted molar refractivity (Wildman–Crippen MR) is 74.7 cm³/mol. The molecule has 2 heteroatoms. The van der Waals surface area contributed by atoms with Crippen molar-refractivity contribution >= 4 is 26.7 Å². The molecule has 1 nitrogen and oxygen atoms in total. The van der Waals surface area contributed by atoms with Gasteiger partial charge in [0.1, 0.15) is 11.4 Å². The van der Waals surface area contributed by atoms with Crippen LogP contribution in [-0.2, 0) is 6.42 Å². The second-order valence-corrected chi connectivity index (χ2v) is 6.11. The molecule has 3 rings (SSSR count). The van der Waals surface area contributed by atoms with E-state index in [4.69, 9.17) is 4.74 Å². The van der Waals surface area contributed by atoms with E-state index in [1.807, 2.05) is 0 Å². The fourth-order valence-electron chi connectivity index (χ4n) is 2.43. The molecule has 1 aliphatic rings. The summed E-state index contributed by atoms with van der Waals surface area (Å²) >= 11 is 3.65. The largest absolute Gasteiger partial charge is 0.487 e. The molecule has 2 aromatic rings. The number of halogens is 1. The Morgan fingerprint density at radius 1 is 1.18 bits per heavy atom. The van der Waals surface area contributed by atoms with Crippen molar-refractivity contribution < 1.29 is 4.74 Å². The lowest BCUT2D eigenvalue weighted by molar-refractivity contribution is 0.0868. The second-order valence-electron chi connectivity index (χ2n) is 5.25. The minimum atomic E-state index is -0.0520. The quantitative estimate of drug-likeness (QED) is 0.683. The molecule has 0 fully saturated rings. The zero-order valence-corrected chi connectivity index (χ0v) is 11.7. The first-order valence-electron chi connectivity index (χ1n) is 5.96. The smallest absolute Gasteiger partial charge is 0.131 e. The van der Waals surface area contributed by atoms with Crippen LogP contribution >= 0.6 is 15.9 Å². The zero-order valence-electron chi connectivity index (χ0n) is 10.1. The Bertz CT molecular complexity index is 587. The van der Waals surface area contributed by atoms with Gasteiger partial charge in [-0.2, -0.15) is 0 Å². The lowest BCUT2D eigenvalue weighted by atomic mass is 9.92. The van der Waals surface area contributed by atoms with Gasteiger partial charge < -0.3 is 4.74 Å². The molecule has 0 spiro atoms. The molecule has 0 amide bonds. The standard InChI is InChI=1S/C15H15BrO/c1-15(2)8-7-10-9-13(16)11-5-3-4-6-12(11)14(10)17-15/h3-6,9H,7-8H2,1-2H3. The summed E-state index contributed by atoms with van der Waals surface area (Å²) in [5, 5.41) is 2.44. The van der Waals surface area contributed by atoms with E-state index in [0.29, 0.717) is 0 Å². The Morgan fingerprint density at radius 2 is 1.88 bits per heavy atom. The summed E-state index contributed by atoms with van der Waals surface area (Å²) in [6.45, 7) is 4.32. The number of rotatable bonds is 0. The molecule has 0 atom stereocenters. The summed E-state index contributed by atoms with van der Waals surface area (Å²) in [5.41, 5.74) is 1.26. The van der Waals surface area contributed by atoms with Crippen molar-refractivity contribution in [2.75, 3.05) is 0 Å². The van der Waals surface area contributed by atoms with Crippen LogP contribution in [-0.4, -0.2) is 5.60 Å². The minimum absolute atomic E-state index is 0.0520. The van der Waals surface area contributed by atoms with Crippen molar-refractivity contribution in [2.24, 2.45) is 0 Å². The minimum Gasteiger partial charge on any atom is -0.487 e. The first-order valence-corrected chi connectivity index (χ1v) is 6.75. The molecule has 1 aliphatic heterocycles. The van der Waals surface area contributed by atoms with Gasteiger partial charge in [0.05, 0.1) is 0 Å². The molecule has 88 valence electrons. The molecule has 2 aromatic carbocycles. The maximum absolute atomic E-state index is 6.17. The van der Waals surface area contributed by atoms with E-state index in [-0.39, 0.29) is 5.60 Å². The summed E-state index contributed by atoms with van der Waals surface area (Å²) in [5.74, 6) is 1.07. The van der Waals surface area contributed by atoms with Crippen LogP contribution < -0.4 is 4.74 Å². The summed E-state index contributed by atoms with van der Waals surface area (Å²) in [7, 11) is 0. The van der Waals surface area contributed by atoms with Crippen molar-refractivity contribution in [2.45, 2.75) is 32.3 Å². The van der Waals surface area contributed by atoms with Crippen molar-refractivity contribution in [3.05, 3.63) is 40.4 Å². The molecule has 1 heterocycles. The molecular formula is C15H15BrO. The van der Waals surface area contributed by atoms with Crippen LogP contribution in [0.5, 0.6) is 5.75 Å². The number of hydrogen-bond donors (Lipinski definition) is 0. The van der Waals surface area contributed by atoms with Gasteiger partial charge in [-0.1, -0.05) is 40.2 Å². The van der Waals surface area contributed by atoms with Gasteiger partial charge in [-0.3, -0.25) is 0 Å². The number of fused-ring (bicyclic) bond motifs is 3. The highest BCUT2D eigenvalue weighted by Gasteiger charge is 2.28. The maximum Gasteiger partial charge on any atom is 0.131 e. The number of aryl methyl sites for hydroxylation is 1. The number of ether oxygens (including phenoxy) is 1.